The first-order valence-electron chi connectivity index (χ1n) is 7.44. The van der Waals surface area contributed by atoms with E-state index in [1.54, 1.807) is 6.08 Å². The molecule has 108 valence electrons. The van der Waals surface area contributed by atoms with Crippen LogP contribution in [0.4, 0.5) is 0 Å². The number of fused-ring (bicyclic) bond motifs is 1. The van der Waals surface area contributed by atoms with Crippen LogP contribution in [0, 0.1) is 11.8 Å². The third-order valence-electron chi connectivity index (χ3n) is 4.44. The number of hydrogen-bond acceptors (Lipinski definition) is 3. The van der Waals surface area contributed by atoms with Crippen LogP contribution in [0.15, 0.2) is 12.3 Å². The predicted molar refractivity (Wildman–Crippen MR) is 76.9 cm³/mol. The molecule has 1 aliphatic carbocycles. The molecule has 0 aromatic rings. The lowest BCUT2D eigenvalue weighted by Gasteiger charge is -2.45. The monoisotopic (exact) mass is 265 g/mol. The maximum atomic E-state index is 12.2. The second kappa shape index (κ2) is 5.66. The van der Waals surface area contributed by atoms with Crippen LogP contribution in [-0.2, 0) is 9.53 Å². The molecule has 0 aromatic carbocycles. The highest BCUT2D eigenvalue weighted by Gasteiger charge is 2.40. The van der Waals surface area contributed by atoms with Gasteiger partial charge in [0.1, 0.15) is 0 Å². The molecule has 3 unspecified atom stereocenters. The fraction of sp³-hybridized carbons (Fsp3) is 0.812. The minimum atomic E-state index is 0.0306. The highest BCUT2D eigenvalue weighted by atomic mass is 16.5. The molecule has 19 heavy (non-hydrogen) atoms. The van der Waals surface area contributed by atoms with E-state index in [9.17, 15) is 4.79 Å². The largest absolute Gasteiger partial charge is 0.383 e. The molecular formula is C16H27NO2. The Morgan fingerprint density at radius 2 is 2.00 bits per heavy atom. The average molecular weight is 265 g/mol. The summed E-state index contributed by atoms with van der Waals surface area (Å²) in [5, 5.41) is 0. The van der Waals surface area contributed by atoms with Crippen molar-refractivity contribution in [3.05, 3.63) is 12.3 Å². The van der Waals surface area contributed by atoms with E-state index < -0.39 is 0 Å². The van der Waals surface area contributed by atoms with Crippen LogP contribution >= 0.6 is 0 Å². The van der Waals surface area contributed by atoms with Gasteiger partial charge in [-0.1, -0.05) is 0 Å². The number of carbonyl (C=O) groups is 1. The van der Waals surface area contributed by atoms with Gasteiger partial charge in [-0.15, -0.1) is 0 Å². The molecule has 3 heteroatoms. The van der Waals surface area contributed by atoms with Crippen molar-refractivity contribution < 1.29 is 9.53 Å². The topological polar surface area (TPSA) is 29.5 Å². The maximum absolute atomic E-state index is 12.2. The third-order valence-corrected chi connectivity index (χ3v) is 4.44. The summed E-state index contributed by atoms with van der Waals surface area (Å²) in [6.07, 6.45) is 9.33. The van der Waals surface area contributed by atoms with Gasteiger partial charge in [-0.05, 0) is 57.9 Å². The highest BCUT2D eigenvalue weighted by Crippen LogP contribution is 2.42. The van der Waals surface area contributed by atoms with Crippen LogP contribution in [0.25, 0.3) is 0 Å². The summed E-state index contributed by atoms with van der Waals surface area (Å²) in [7, 11) is 3.88. The van der Waals surface area contributed by atoms with Crippen molar-refractivity contribution in [3.8, 4) is 0 Å². The minimum Gasteiger partial charge on any atom is -0.383 e. The summed E-state index contributed by atoms with van der Waals surface area (Å²) >= 11 is 0. The summed E-state index contributed by atoms with van der Waals surface area (Å²) in [6.45, 7) is 4.36. The fourth-order valence-electron chi connectivity index (χ4n) is 3.31. The Bertz CT molecular complexity index is 360. The Hall–Kier alpha value is -0.830. The zero-order valence-electron chi connectivity index (χ0n) is 12.7. The van der Waals surface area contributed by atoms with Crippen molar-refractivity contribution in [1.82, 2.24) is 4.90 Å². The van der Waals surface area contributed by atoms with Gasteiger partial charge in [0.15, 0.2) is 5.78 Å². The van der Waals surface area contributed by atoms with E-state index >= 15 is 0 Å². The molecule has 0 amide bonds. The van der Waals surface area contributed by atoms with E-state index in [2.05, 4.69) is 13.8 Å². The first-order valence-corrected chi connectivity index (χ1v) is 7.44. The molecule has 0 bridgehead atoms. The molecule has 1 saturated carbocycles. The number of nitrogens with zero attached hydrogens (tertiary/aromatic N) is 1. The van der Waals surface area contributed by atoms with Crippen LogP contribution in [0.5, 0.6) is 0 Å². The summed E-state index contributed by atoms with van der Waals surface area (Å²) in [5.74, 6) is 1.09. The number of ether oxygens (including phenoxy) is 1. The Balaban J connectivity index is 1.91. The predicted octanol–water partition coefficient (Wildman–Crippen LogP) is 3.00. The van der Waals surface area contributed by atoms with Gasteiger partial charge in [-0.25, -0.2) is 0 Å². The molecule has 2 aliphatic rings. The minimum absolute atomic E-state index is 0.0306. The molecule has 1 aliphatic heterocycles. The maximum Gasteiger partial charge on any atom is 0.160 e. The molecule has 2 fully saturated rings. The lowest BCUT2D eigenvalue weighted by Crippen LogP contribution is -2.44. The molecule has 3 atom stereocenters. The van der Waals surface area contributed by atoms with Gasteiger partial charge < -0.3 is 9.64 Å². The lowest BCUT2D eigenvalue weighted by molar-refractivity contribution is -0.154. The van der Waals surface area contributed by atoms with Crippen molar-refractivity contribution in [2.45, 2.75) is 57.7 Å². The Morgan fingerprint density at radius 3 is 2.68 bits per heavy atom. The molecule has 0 aromatic heterocycles. The average Bonchev–Trinajstić information content (AvgIpc) is 2.34. The summed E-state index contributed by atoms with van der Waals surface area (Å²) in [5.41, 5.74) is 0.0306. The van der Waals surface area contributed by atoms with E-state index in [0.717, 1.165) is 25.7 Å². The van der Waals surface area contributed by atoms with Crippen LogP contribution in [0.2, 0.25) is 0 Å². The van der Waals surface area contributed by atoms with E-state index in [4.69, 9.17) is 4.74 Å². The molecule has 0 N–H and O–H groups in total. The Kier molecular flexibility index (Phi) is 4.34. The fourth-order valence-corrected chi connectivity index (χ4v) is 3.31. The zero-order chi connectivity index (χ0) is 14.0. The quantitative estimate of drug-likeness (QED) is 0.735. The van der Waals surface area contributed by atoms with Crippen molar-refractivity contribution in [2.75, 3.05) is 14.1 Å². The first kappa shape index (κ1) is 14.6. The standard InChI is InChI=1S/C16H27NO2/c1-16(2)9-7-13-11-12(5-6-15(13)19-16)14(18)8-10-17(3)4/h8,10,12-13,15H,5-7,9,11H2,1-4H3/b10-8+. The normalized spacial score (nSPS) is 34.0. The van der Waals surface area contributed by atoms with Gasteiger partial charge in [-0.2, -0.15) is 0 Å². The van der Waals surface area contributed by atoms with Crippen LogP contribution in [-0.4, -0.2) is 36.5 Å². The van der Waals surface area contributed by atoms with Crippen LogP contribution in [0.1, 0.15) is 46.0 Å². The van der Waals surface area contributed by atoms with Crippen molar-refractivity contribution in [1.29, 1.82) is 0 Å². The first-order chi connectivity index (χ1) is 8.87. The molecule has 0 spiro atoms. The van der Waals surface area contributed by atoms with Gasteiger partial charge in [0.05, 0.1) is 11.7 Å². The van der Waals surface area contributed by atoms with Gasteiger partial charge in [0.25, 0.3) is 0 Å². The number of hydrogen-bond donors (Lipinski definition) is 0. The van der Waals surface area contributed by atoms with Gasteiger partial charge in [0.2, 0.25) is 0 Å². The molecule has 0 radical (unpaired) electrons. The van der Waals surface area contributed by atoms with E-state index in [0.29, 0.717) is 12.0 Å². The summed E-state index contributed by atoms with van der Waals surface area (Å²) in [6, 6.07) is 0. The summed E-state index contributed by atoms with van der Waals surface area (Å²) < 4.78 is 6.17. The van der Waals surface area contributed by atoms with Gasteiger partial charge in [0, 0.05) is 26.2 Å². The van der Waals surface area contributed by atoms with Crippen molar-refractivity contribution >= 4 is 5.78 Å². The molecular weight excluding hydrogens is 238 g/mol. The SMILES string of the molecule is CN(C)/C=C/C(=O)C1CCC2OC(C)(C)CCC2C1. The highest BCUT2D eigenvalue weighted by molar-refractivity contribution is 5.91. The van der Waals surface area contributed by atoms with E-state index in [1.165, 1.54) is 6.42 Å². The molecule has 2 rings (SSSR count). The zero-order valence-corrected chi connectivity index (χ0v) is 12.7. The number of ketones is 1. The second-order valence-corrected chi connectivity index (χ2v) is 6.91. The Morgan fingerprint density at radius 1 is 1.26 bits per heavy atom. The lowest BCUT2D eigenvalue weighted by atomic mass is 9.73. The summed E-state index contributed by atoms with van der Waals surface area (Å²) in [4.78, 5) is 14.1. The van der Waals surface area contributed by atoms with E-state index in [1.807, 2.05) is 25.2 Å². The molecule has 3 nitrogen and oxygen atoms in total. The van der Waals surface area contributed by atoms with Crippen molar-refractivity contribution in [3.63, 3.8) is 0 Å². The Labute approximate surface area is 117 Å². The smallest absolute Gasteiger partial charge is 0.160 e. The van der Waals surface area contributed by atoms with Crippen molar-refractivity contribution in [2.24, 2.45) is 11.8 Å². The third kappa shape index (κ3) is 3.82. The second-order valence-electron chi connectivity index (χ2n) is 6.91. The molecule has 1 saturated heterocycles. The van der Waals surface area contributed by atoms with Gasteiger partial charge >= 0.3 is 0 Å². The van der Waals surface area contributed by atoms with Gasteiger partial charge in [-0.3, -0.25) is 4.79 Å². The van der Waals surface area contributed by atoms with Crippen LogP contribution < -0.4 is 0 Å². The van der Waals surface area contributed by atoms with Crippen LogP contribution in [0.3, 0.4) is 0 Å². The number of rotatable bonds is 3. The number of carbonyl (C=O) groups excluding carboxylic acids is 1. The number of allylic oxidation sites excluding steroid dienone is 1. The molecule has 1 heterocycles. The van der Waals surface area contributed by atoms with E-state index in [-0.39, 0.29) is 17.3 Å².